The summed E-state index contributed by atoms with van der Waals surface area (Å²) in [5.74, 6) is 1.09. The molecule has 2 nitrogen and oxygen atoms in total. The molecule has 2 aliphatic heterocycles. The van der Waals surface area contributed by atoms with Gasteiger partial charge in [-0.15, -0.1) is 0 Å². The van der Waals surface area contributed by atoms with Gasteiger partial charge in [-0.05, 0) is 17.8 Å². The topological polar surface area (TPSA) is 29.5 Å². The first-order chi connectivity index (χ1) is 4.62. The third-order valence-electron chi connectivity index (χ3n) is 3.36. The summed E-state index contributed by atoms with van der Waals surface area (Å²) in [7, 11) is 0. The maximum absolute atomic E-state index is 9.33. The van der Waals surface area contributed by atoms with Crippen LogP contribution in [0.1, 0.15) is 20.3 Å². The molecule has 0 aromatic heterocycles. The van der Waals surface area contributed by atoms with Gasteiger partial charge in [-0.3, -0.25) is 0 Å². The van der Waals surface area contributed by atoms with Crippen LogP contribution >= 0.6 is 0 Å². The molecule has 0 spiro atoms. The van der Waals surface area contributed by atoms with Gasteiger partial charge in [-0.25, -0.2) is 0 Å². The highest BCUT2D eigenvalue weighted by molar-refractivity contribution is 5.00. The molecule has 2 bridgehead atoms. The molecule has 0 aromatic rings. The van der Waals surface area contributed by atoms with Crippen LogP contribution in [0.15, 0.2) is 0 Å². The molecule has 0 amide bonds. The van der Waals surface area contributed by atoms with E-state index in [9.17, 15) is 5.11 Å². The van der Waals surface area contributed by atoms with Crippen LogP contribution in [0.4, 0.5) is 0 Å². The van der Waals surface area contributed by atoms with E-state index >= 15 is 0 Å². The van der Waals surface area contributed by atoms with Crippen molar-refractivity contribution in [3.63, 3.8) is 0 Å². The van der Waals surface area contributed by atoms with Gasteiger partial charge in [0.1, 0.15) is 0 Å². The third-order valence-corrected chi connectivity index (χ3v) is 3.36. The highest BCUT2D eigenvalue weighted by Gasteiger charge is 2.55. The van der Waals surface area contributed by atoms with Crippen molar-refractivity contribution in [2.75, 3.05) is 6.61 Å². The van der Waals surface area contributed by atoms with Crippen LogP contribution in [0.25, 0.3) is 0 Å². The number of aliphatic hydroxyl groups excluding tert-OH is 1. The predicted molar refractivity (Wildman–Crippen MR) is 37.3 cm³/mol. The normalized spacial score (nSPS) is 50.1. The van der Waals surface area contributed by atoms with Gasteiger partial charge in [-0.1, -0.05) is 13.8 Å². The first-order valence-electron chi connectivity index (χ1n) is 3.92. The molecule has 1 aliphatic carbocycles. The Hall–Kier alpha value is -0.0800. The number of hydrogen-bond donors (Lipinski definition) is 1. The van der Waals surface area contributed by atoms with Crippen molar-refractivity contribution in [3.8, 4) is 0 Å². The second kappa shape index (κ2) is 1.74. The molecule has 1 N–H and O–H groups in total. The zero-order chi connectivity index (χ0) is 7.35. The summed E-state index contributed by atoms with van der Waals surface area (Å²) in [6.07, 6.45) is 0.675. The standard InChI is InChI=1S/C8H14O2/c1-8(2)5-3-6(8)7(9)10-4-5/h5-7,9H,3-4H2,1-2H3. The number of rotatable bonds is 0. The van der Waals surface area contributed by atoms with Crippen LogP contribution in [0.5, 0.6) is 0 Å². The van der Waals surface area contributed by atoms with Crippen LogP contribution in [0.3, 0.4) is 0 Å². The minimum absolute atomic E-state index is 0.331. The van der Waals surface area contributed by atoms with E-state index in [-0.39, 0.29) is 0 Å². The van der Waals surface area contributed by atoms with E-state index < -0.39 is 6.29 Å². The lowest BCUT2D eigenvalue weighted by Gasteiger charge is -2.57. The number of aliphatic hydroxyl groups is 1. The molecule has 0 aromatic carbocycles. The van der Waals surface area contributed by atoms with E-state index in [4.69, 9.17) is 4.74 Å². The molecule has 3 aliphatic rings. The summed E-state index contributed by atoms with van der Waals surface area (Å²) >= 11 is 0. The summed E-state index contributed by atoms with van der Waals surface area (Å²) in [5.41, 5.74) is 0.331. The molecule has 10 heavy (non-hydrogen) atoms. The van der Waals surface area contributed by atoms with Crippen LogP contribution in [0.2, 0.25) is 0 Å². The van der Waals surface area contributed by atoms with Gasteiger partial charge < -0.3 is 9.84 Å². The Morgan fingerprint density at radius 2 is 2.20 bits per heavy atom. The fourth-order valence-corrected chi connectivity index (χ4v) is 2.15. The lowest BCUT2D eigenvalue weighted by molar-refractivity contribution is -0.279. The quantitative estimate of drug-likeness (QED) is 0.546. The van der Waals surface area contributed by atoms with Crippen LogP contribution in [-0.4, -0.2) is 18.0 Å². The minimum Gasteiger partial charge on any atom is -0.368 e. The number of fused-ring (bicyclic) bond motifs is 2. The third kappa shape index (κ3) is 0.611. The second-order valence-corrected chi connectivity index (χ2v) is 4.08. The minimum atomic E-state index is -0.486. The lowest BCUT2D eigenvalue weighted by atomic mass is 9.53. The van der Waals surface area contributed by atoms with Crippen molar-refractivity contribution in [2.45, 2.75) is 26.6 Å². The fourth-order valence-electron chi connectivity index (χ4n) is 2.15. The van der Waals surface area contributed by atoms with Gasteiger partial charge in [0.2, 0.25) is 0 Å². The van der Waals surface area contributed by atoms with Gasteiger partial charge in [0.05, 0.1) is 6.61 Å². The fraction of sp³-hybridized carbons (Fsp3) is 1.00. The van der Waals surface area contributed by atoms with Gasteiger partial charge >= 0.3 is 0 Å². The molecule has 2 heterocycles. The monoisotopic (exact) mass is 142 g/mol. The Kier molecular flexibility index (Phi) is 1.15. The summed E-state index contributed by atoms with van der Waals surface area (Å²) in [6.45, 7) is 5.19. The van der Waals surface area contributed by atoms with Gasteiger partial charge in [0.25, 0.3) is 0 Å². The van der Waals surface area contributed by atoms with Gasteiger partial charge in [-0.2, -0.15) is 0 Å². The van der Waals surface area contributed by atoms with Crippen molar-refractivity contribution < 1.29 is 9.84 Å². The van der Waals surface area contributed by atoms with E-state index in [0.717, 1.165) is 13.0 Å². The molecule has 1 saturated carbocycles. The van der Waals surface area contributed by atoms with Crippen molar-refractivity contribution in [3.05, 3.63) is 0 Å². The molecule has 3 atom stereocenters. The highest BCUT2D eigenvalue weighted by atomic mass is 16.6. The average molecular weight is 142 g/mol. The molecule has 3 rings (SSSR count). The van der Waals surface area contributed by atoms with Crippen molar-refractivity contribution in [1.29, 1.82) is 0 Å². The molecule has 3 unspecified atom stereocenters. The number of hydrogen-bond acceptors (Lipinski definition) is 2. The van der Waals surface area contributed by atoms with E-state index in [0.29, 0.717) is 17.3 Å². The maximum atomic E-state index is 9.33. The SMILES string of the molecule is CC1(C)C2COC(O)C1C2. The second-order valence-electron chi connectivity index (χ2n) is 4.08. The van der Waals surface area contributed by atoms with Crippen molar-refractivity contribution in [2.24, 2.45) is 17.3 Å². The molecular formula is C8H14O2. The van der Waals surface area contributed by atoms with E-state index in [1.165, 1.54) is 0 Å². The largest absolute Gasteiger partial charge is 0.368 e. The van der Waals surface area contributed by atoms with E-state index in [2.05, 4.69) is 13.8 Å². The summed E-state index contributed by atoms with van der Waals surface area (Å²) in [6, 6.07) is 0. The Labute approximate surface area is 61.2 Å². The Morgan fingerprint density at radius 1 is 1.50 bits per heavy atom. The maximum Gasteiger partial charge on any atom is 0.157 e. The Bertz CT molecular complexity index is 151. The summed E-state index contributed by atoms with van der Waals surface area (Å²) < 4.78 is 5.13. The zero-order valence-electron chi connectivity index (χ0n) is 6.50. The zero-order valence-corrected chi connectivity index (χ0v) is 6.50. The van der Waals surface area contributed by atoms with Crippen LogP contribution in [0, 0.1) is 17.3 Å². The Morgan fingerprint density at radius 3 is 2.50 bits per heavy atom. The van der Waals surface area contributed by atoms with Crippen LogP contribution in [-0.2, 0) is 4.74 Å². The van der Waals surface area contributed by atoms with Crippen LogP contribution < -0.4 is 0 Å². The van der Waals surface area contributed by atoms with Crippen molar-refractivity contribution in [1.82, 2.24) is 0 Å². The summed E-state index contributed by atoms with van der Waals surface area (Å²) in [5, 5.41) is 9.33. The first kappa shape index (κ1) is 6.62. The smallest absolute Gasteiger partial charge is 0.157 e. The molecule has 58 valence electrons. The van der Waals surface area contributed by atoms with Gasteiger partial charge in [0, 0.05) is 5.92 Å². The van der Waals surface area contributed by atoms with E-state index in [1.807, 2.05) is 0 Å². The molecule has 3 fully saturated rings. The predicted octanol–water partition coefficient (Wildman–Crippen LogP) is 0.997. The highest BCUT2D eigenvalue weighted by Crippen LogP contribution is 2.56. The molecule has 0 radical (unpaired) electrons. The number of ether oxygens (including phenoxy) is 1. The molecule has 2 heteroatoms. The lowest BCUT2D eigenvalue weighted by Crippen LogP contribution is -2.57. The van der Waals surface area contributed by atoms with Gasteiger partial charge in [0.15, 0.2) is 6.29 Å². The molecule has 2 saturated heterocycles. The van der Waals surface area contributed by atoms with Crippen molar-refractivity contribution >= 4 is 0 Å². The summed E-state index contributed by atoms with van der Waals surface area (Å²) in [4.78, 5) is 0. The molecular weight excluding hydrogens is 128 g/mol. The van der Waals surface area contributed by atoms with E-state index in [1.54, 1.807) is 0 Å². The Balaban J connectivity index is 2.16. The first-order valence-corrected chi connectivity index (χ1v) is 3.92. The average Bonchev–Trinajstić information content (AvgIpc) is 1.87.